The van der Waals surface area contributed by atoms with Crippen LogP contribution in [-0.2, 0) is 4.74 Å². The van der Waals surface area contributed by atoms with E-state index in [9.17, 15) is 5.11 Å². The Labute approximate surface area is 132 Å². The number of ether oxygens (including phenoxy) is 1. The highest BCUT2D eigenvalue weighted by Crippen LogP contribution is 2.29. The lowest BCUT2D eigenvalue weighted by Crippen LogP contribution is -2.33. The van der Waals surface area contributed by atoms with Gasteiger partial charge in [-0.15, -0.1) is 0 Å². The first-order valence-corrected chi connectivity index (χ1v) is 6.95. The summed E-state index contributed by atoms with van der Waals surface area (Å²) in [7, 11) is 1.64. The summed E-state index contributed by atoms with van der Waals surface area (Å²) in [5, 5.41) is 17.5. The van der Waals surface area contributed by atoms with Crippen LogP contribution in [0.1, 0.15) is 12.0 Å². The molecule has 5 nitrogen and oxygen atoms in total. The molecular formula is C12H15Cl2N3O2S. The number of aromatic hydroxyl groups is 1. The molecule has 0 fully saturated rings. The molecular weight excluding hydrogens is 321 g/mol. The molecule has 1 aromatic rings. The number of halogens is 2. The molecule has 0 aliphatic heterocycles. The molecule has 0 aliphatic rings. The van der Waals surface area contributed by atoms with Gasteiger partial charge in [0, 0.05) is 30.8 Å². The zero-order valence-corrected chi connectivity index (χ0v) is 13.1. The van der Waals surface area contributed by atoms with Gasteiger partial charge in [-0.1, -0.05) is 23.2 Å². The number of hydrazone groups is 1. The molecule has 20 heavy (non-hydrogen) atoms. The van der Waals surface area contributed by atoms with E-state index in [2.05, 4.69) is 15.8 Å². The van der Waals surface area contributed by atoms with Gasteiger partial charge in [-0.2, -0.15) is 5.10 Å². The SMILES string of the molecule is COCCCNC(=S)NN=Cc1cc(Cl)cc(Cl)c1O. The first-order valence-electron chi connectivity index (χ1n) is 5.78. The van der Waals surface area contributed by atoms with Crippen molar-refractivity contribution in [1.29, 1.82) is 0 Å². The second kappa shape index (κ2) is 8.97. The predicted octanol–water partition coefficient (Wildman–Crippen LogP) is 2.53. The first-order chi connectivity index (χ1) is 9.54. The summed E-state index contributed by atoms with van der Waals surface area (Å²) in [5.41, 5.74) is 3.03. The number of thiocarbonyl (C=S) groups is 1. The second-order valence-electron chi connectivity index (χ2n) is 3.80. The molecule has 0 aliphatic carbocycles. The average molecular weight is 336 g/mol. The molecule has 0 bridgehead atoms. The van der Waals surface area contributed by atoms with Crippen molar-refractivity contribution in [3.63, 3.8) is 0 Å². The van der Waals surface area contributed by atoms with Gasteiger partial charge in [-0.25, -0.2) is 0 Å². The number of rotatable bonds is 6. The molecule has 110 valence electrons. The van der Waals surface area contributed by atoms with Crippen LogP contribution in [0.5, 0.6) is 5.75 Å². The second-order valence-corrected chi connectivity index (χ2v) is 5.05. The highest BCUT2D eigenvalue weighted by molar-refractivity contribution is 7.80. The van der Waals surface area contributed by atoms with E-state index in [1.807, 2.05) is 0 Å². The summed E-state index contributed by atoms with van der Waals surface area (Å²) in [5.74, 6) is -0.0828. The molecule has 0 atom stereocenters. The fourth-order valence-corrected chi connectivity index (χ4v) is 1.97. The maximum atomic E-state index is 9.72. The van der Waals surface area contributed by atoms with Gasteiger partial charge in [0.05, 0.1) is 11.2 Å². The van der Waals surface area contributed by atoms with Crippen LogP contribution < -0.4 is 10.7 Å². The average Bonchev–Trinajstić information content (AvgIpc) is 2.40. The Bertz CT molecular complexity index is 498. The third-order valence-electron chi connectivity index (χ3n) is 2.24. The van der Waals surface area contributed by atoms with E-state index in [-0.39, 0.29) is 10.8 Å². The van der Waals surface area contributed by atoms with Crippen molar-refractivity contribution in [3.8, 4) is 5.75 Å². The normalized spacial score (nSPS) is 10.8. The van der Waals surface area contributed by atoms with Crippen molar-refractivity contribution >= 4 is 46.7 Å². The maximum Gasteiger partial charge on any atom is 0.186 e. The number of phenols is 1. The summed E-state index contributed by atoms with van der Waals surface area (Å²) < 4.78 is 4.91. The van der Waals surface area contributed by atoms with E-state index in [1.54, 1.807) is 13.2 Å². The summed E-state index contributed by atoms with van der Waals surface area (Å²) in [6.07, 6.45) is 2.23. The van der Waals surface area contributed by atoms with Crippen LogP contribution in [0.2, 0.25) is 10.0 Å². The molecule has 0 heterocycles. The summed E-state index contributed by atoms with van der Waals surface area (Å²) in [6.45, 7) is 1.34. The van der Waals surface area contributed by atoms with E-state index in [1.165, 1.54) is 12.3 Å². The zero-order valence-electron chi connectivity index (χ0n) is 10.8. The van der Waals surface area contributed by atoms with Crippen molar-refractivity contribution in [3.05, 3.63) is 27.7 Å². The lowest BCUT2D eigenvalue weighted by atomic mass is 10.2. The summed E-state index contributed by atoms with van der Waals surface area (Å²) in [6, 6.07) is 2.99. The van der Waals surface area contributed by atoms with Crippen molar-refractivity contribution in [1.82, 2.24) is 10.7 Å². The van der Waals surface area contributed by atoms with Crippen LogP contribution >= 0.6 is 35.4 Å². The quantitative estimate of drug-likeness (QED) is 0.322. The molecule has 0 radical (unpaired) electrons. The Morgan fingerprint density at radius 1 is 1.50 bits per heavy atom. The van der Waals surface area contributed by atoms with Crippen LogP contribution in [0, 0.1) is 0 Å². The fraction of sp³-hybridized carbons (Fsp3) is 0.333. The molecule has 1 rings (SSSR count). The lowest BCUT2D eigenvalue weighted by molar-refractivity contribution is 0.195. The van der Waals surface area contributed by atoms with Crippen molar-refractivity contribution in [2.75, 3.05) is 20.3 Å². The third-order valence-corrected chi connectivity index (χ3v) is 2.98. The minimum Gasteiger partial charge on any atom is -0.506 e. The van der Waals surface area contributed by atoms with Gasteiger partial charge in [0.1, 0.15) is 5.75 Å². The Kier molecular flexibility index (Phi) is 7.61. The molecule has 0 saturated carbocycles. The van der Waals surface area contributed by atoms with E-state index in [0.717, 1.165) is 6.42 Å². The van der Waals surface area contributed by atoms with Crippen LogP contribution in [-0.4, -0.2) is 36.7 Å². The Balaban J connectivity index is 2.47. The molecule has 1 aromatic carbocycles. The molecule has 0 saturated heterocycles. The molecule has 0 aromatic heterocycles. The Morgan fingerprint density at radius 3 is 2.95 bits per heavy atom. The number of nitrogens with zero attached hydrogens (tertiary/aromatic N) is 1. The number of phenolic OH excluding ortho intramolecular Hbond substituents is 1. The van der Waals surface area contributed by atoms with Gasteiger partial charge in [-0.3, -0.25) is 5.43 Å². The minimum absolute atomic E-state index is 0.0828. The highest BCUT2D eigenvalue weighted by Gasteiger charge is 2.05. The topological polar surface area (TPSA) is 65.9 Å². The largest absolute Gasteiger partial charge is 0.506 e. The smallest absolute Gasteiger partial charge is 0.186 e. The number of nitrogens with one attached hydrogen (secondary N) is 2. The molecule has 0 spiro atoms. The van der Waals surface area contributed by atoms with Gasteiger partial charge >= 0.3 is 0 Å². The van der Waals surface area contributed by atoms with Gasteiger partial charge in [0.15, 0.2) is 5.11 Å². The van der Waals surface area contributed by atoms with Crippen LogP contribution in [0.25, 0.3) is 0 Å². The molecule has 3 N–H and O–H groups in total. The summed E-state index contributed by atoms with van der Waals surface area (Å²) >= 11 is 16.6. The molecule has 0 unspecified atom stereocenters. The van der Waals surface area contributed by atoms with Crippen molar-refractivity contribution < 1.29 is 9.84 Å². The fourth-order valence-electron chi connectivity index (χ4n) is 1.30. The Hall–Kier alpha value is -1.08. The van der Waals surface area contributed by atoms with Gasteiger partial charge < -0.3 is 15.2 Å². The van der Waals surface area contributed by atoms with E-state index < -0.39 is 0 Å². The predicted molar refractivity (Wildman–Crippen MR) is 86.0 cm³/mol. The minimum atomic E-state index is -0.0828. The van der Waals surface area contributed by atoms with E-state index >= 15 is 0 Å². The monoisotopic (exact) mass is 335 g/mol. The van der Waals surface area contributed by atoms with Crippen LogP contribution in [0.15, 0.2) is 17.2 Å². The first kappa shape index (κ1) is 17.0. The van der Waals surface area contributed by atoms with Gasteiger partial charge in [0.25, 0.3) is 0 Å². The van der Waals surface area contributed by atoms with Gasteiger partial charge in [-0.05, 0) is 30.8 Å². The van der Waals surface area contributed by atoms with E-state index in [4.69, 9.17) is 40.2 Å². The highest BCUT2D eigenvalue weighted by atomic mass is 35.5. The zero-order chi connectivity index (χ0) is 15.0. The number of hydrogen-bond acceptors (Lipinski definition) is 4. The maximum absolute atomic E-state index is 9.72. The number of methoxy groups -OCH3 is 1. The Morgan fingerprint density at radius 2 is 2.25 bits per heavy atom. The third kappa shape index (κ3) is 5.92. The van der Waals surface area contributed by atoms with Crippen LogP contribution in [0.3, 0.4) is 0 Å². The molecule has 0 amide bonds. The van der Waals surface area contributed by atoms with E-state index in [0.29, 0.717) is 28.9 Å². The standard InChI is InChI=1S/C12H15Cl2N3O2S/c1-19-4-2-3-15-12(20)17-16-7-8-5-9(13)6-10(14)11(8)18/h5-7,18H,2-4H2,1H3,(H2,15,17,20). The van der Waals surface area contributed by atoms with Crippen LogP contribution in [0.4, 0.5) is 0 Å². The van der Waals surface area contributed by atoms with Crippen molar-refractivity contribution in [2.45, 2.75) is 6.42 Å². The lowest BCUT2D eigenvalue weighted by Gasteiger charge is -2.06. The van der Waals surface area contributed by atoms with Crippen molar-refractivity contribution in [2.24, 2.45) is 5.10 Å². The summed E-state index contributed by atoms with van der Waals surface area (Å²) in [4.78, 5) is 0. The number of hydrogen-bond donors (Lipinski definition) is 3. The number of benzene rings is 1. The van der Waals surface area contributed by atoms with Gasteiger partial charge in [0.2, 0.25) is 0 Å². The molecule has 8 heteroatoms.